The Morgan fingerprint density at radius 1 is 0.667 bits per heavy atom. The number of hydrogen-bond acceptors (Lipinski definition) is 6. The molecular formula is C21H14O6. The van der Waals surface area contributed by atoms with Gasteiger partial charge in [0.25, 0.3) is 0 Å². The molecule has 0 aromatic heterocycles. The highest BCUT2D eigenvalue weighted by molar-refractivity contribution is 6.30. The molecule has 134 valence electrons. The van der Waals surface area contributed by atoms with Gasteiger partial charge in [-0.2, -0.15) is 0 Å². The first-order chi connectivity index (χ1) is 12.9. The van der Waals surface area contributed by atoms with Crippen LogP contribution in [0.2, 0.25) is 0 Å². The number of fused-ring (bicyclic) bond motifs is 2. The Kier molecular flexibility index (Phi) is 3.63. The van der Waals surface area contributed by atoms with Crippen molar-refractivity contribution in [2.24, 2.45) is 0 Å². The van der Waals surface area contributed by atoms with Crippen molar-refractivity contribution in [2.75, 3.05) is 0 Å². The molecule has 3 aromatic carbocycles. The molecular weight excluding hydrogens is 348 g/mol. The number of aromatic hydroxyl groups is 4. The summed E-state index contributed by atoms with van der Waals surface area (Å²) in [6.45, 7) is 0. The van der Waals surface area contributed by atoms with Gasteiger partial charge in [0, 0.05) is 23.6 Å². The monoisotopic (exact) mass is 362 g/mol. The molecule has 0 unspecified atom stereocenters. The summed E-state index contributed by atoms with van der Waals surface area (Å²) in [7, 11) is 0. The molecule has 0 atom stereocenters. The number of hydrogen-bond donors (Lipinski definition) is 4. The van der Waals surface area contributed by atoms with Gasteiger partial charge in [-0.3, -0.25) is 9.59 Å². The third-order valence-corrected chi connectivity index (χ3v) is 4.63. The van der Waals surface area contributed by atoms with Crippen molar-refractivity contribution >= 4 is 11.6 Å². The molecule has 4 N–H and O–H groups in total. The Morgan fingerprint density at radius 3 is 2.15 bits per heavy atom. The van der Waals surface area contributed by atoms with Crippen molar-refractivity contribution in [3.63, 3.8) is 0 Å². The number of phenols is 4. The van der Waals surface area contributed by atoms with E-state index in [9.17, 15) is 30.0 Å². The minimum Gasteiger partial charge on any atom is -0.508 e. The zero-order chi connectivity index (χ0) is 19.3. The van der Waals surface area contributed by atoms with Crippen LogP contribution in [0.3, 0.4) is 0 Å². The zero-order valence-electron chi connectivity index (χ0n) is 13.9. The third-order valence-electron chi connectivity index (χ3n) is 4.63. The molecule has 4 rings (SSSR count). The van der Waals surface area contributed by atoms with Gasteiger partial charge < -0.3 is 20.4 Å². The normalized spacial score (nSPS) is 12.6. The molecule has 0 saturated carbocycles. The Balaban J connectivity index is 1.83. The van der Waals surface area contributed by atoms with E-state index >= 15 is 0 Å². The van der Waals surface area contributed by atoms with Crippen molar-refractivity contribution in [2.45, 2.75) is 6.42 Å². The van der Waals surface area contributed by atoms with Crippen LogP contribution >= 0.6 is 0 Å². The molecule has 6 nitrogen and oxygen atoms in total. The van der Waals surface area contributed by atoms with Crippen molar-refractivity contribution in [1.82, 2.24) is 0 Å². The van der Waals surface area contributed by atoms with Crippen molar-refractivity contribution < 1.29 is 30.0 Å². The maximum atomic E-state index is 12.8. The van der Waals surface area contributed by atoms with E-state index < -0.39 is 11.6 Å². The maximum absolute atomic E-state index is 12.8. The summed E-state index contributed by atoms with van der Waals surface area (Å²) in [5.74, 6) is -1.97. The van der Waals surface area contributed by atoms with Crippen LogP contribution < -0.4 is 0 Å². The smallest absolute Gasteiger partial charge is 0.201 e. The topological polar surface area (TPSA) is 115 Å². The Morgan fingerprint density at radius 2 is 1.41 bits per heavy atom. The maximum Gasteiger partial charge on any atom is 0.201 e. The molecule has 3 aromatic rings. The highest BCUT2D eigenvalue weighted by Crippen LogP contribution is 2.38. The van der Waals surface area contributed by atoms with Crippen LogP contribution in [0, 0.1) is 0 Å². The molecule has 0 heterocycles. The standard InChI is InChI=1S/C21H14O6/c22-12-5-4-11(16(24)9-12)6-10-7-14-19(17(25)8-10)21(27)18-13(20(14)26)2-1-3-15(18)23/h1-5,7-9,22-25H,6H2. The van der Waals surface area contributed by atoms with Crippen LogP contribution in [0.5, 0.6) is 23.0 Å². The van der Waals surface area contributed by atoms with Crippen molar-refractivity contribution in [1.29, 1.82) is 0 Å². The van der Waals surface area contributed by atoms with Crippen molar-refractivity contribution in [3.05, 3.63) is 81.9 Å². The van der Waals surface area contributed by atoms with Crippen LogP contribution in [0.1, 0.15) is 43.0 Å². The number of phenolic OH excluding ortho intramolecular Hbond substituents is 4. The SMILES string of the molecule is O=C1c2cccc(O)c2C(=O)c2c(O)cc(Cc3ccc(O)cc3O)cc21. The van der Waals surface area contributed by atoms with E-state index in [4.69, 9.17) is 0 Å². The summed E-state index contributed by atoms with van der Waals surface area (Å²) in [5, 5.41) is 39.7. The van der Waals surface area contributed by atoms with Gasteiger partial charge in [0.2, 0.25) is 5.78 Å². The molecule has 0 fully saturated rings. The second kappa shape index (κ2) is 5.88. The van der Waals surface area contributed by atoms with Gasteiger partial charge in [0.1, 0.15) is 23.0 Å². The highest BCUT2D eigenvalue weighted by atomic mass is 16.3. The summed E-state index contributed by atoms with van der Waals surface area (Å²) >= 11 is 0. The van der Waals surface area contributed by atoms with Crippen LogP contribution in [0.4, 0.5) is 0 Å². The lowest BCUT2D eigenvalue weighted by Crippen LogP contribution is -2.21. The molecule has 27 heavy (non-hydrogen) atoms. The molecule has 1 aliphatic carbocycles. The molecule has 0 radical (unpaired) electrons. The Hall–Kier alpha value is -3.80. The predicted octanol–water partition coefficient (Wildman–Crippen LogP) is 2.88. The zero-order valence-corrected chi connectivity index (χ0v) is 13.9. The quantitative estimate of drug-likeness (QED) is 0.436. The summed E-state index contributed by atoms with van der Waals surface area (Å²) in [6.07, 6.45) is 0.182. The van der Waals surface area contributed by atoms with E-state index in [2.05, 4.69) is 0 Å². The number of ketones is 2. The average molecular weight is 362 g/mol. The third kappa shape index (κ3) is 2.58. The molecule has 0 saturated heterocycles. The van der Waals surface area contributed by atoms with Gasteiger partial charge >= 0.3 is 0 Å². The molecule has 0 amide bonds. The van der Waals surface area contributed by atoms with Crippen LogP contribution in [0.15, 0.2) is 48.5 Å². The fourth-order valence-corrected chi connectivity index (χ4v) is 3.36. The summed E-state index contributed by atoms with van der Waals surface area (Å²) in [4.78, 5) is 25.5. The average Bonchev–Trinajstić information content (AvgIpc) is 2.61. The lowest BCUT2D eigenvalue weighted by Gasteiger charge is -2.20. The molecule has 0 aliphatic heterocycles. The summed E-state index contributed by atoms with van der Waals surface area (Å²) in [5.41, 5.74) is 0.863. The molecule has 6 heteroatoms. The Labute approximate surface area is 153 Å². The van der Waals surface area contributed by atoms with E-state index in [0.29, 0.717) is 11.1 Å². The predicted molar refractivity (Wildman–Crippen MR) is 95.7 cm³/mol. The van der Waals surface area contributed by atoms with Gasteiger partial charge in [-0.25, -0.2) is 0 Å². The van der Waals surface area contributed by atoms with Crippen LogP contribution in [-0.4, -0.2) is 32.0 Å². The van der Waals surface area contributed by atoms with Gasteiger partial charge in [0.05, 0.1) is 11.1 Å². The number of carbonyl (C=O) groups excluding carboxylic acids is 2. The van der Waals surface area contributed by atoms with E-state index in [1.165, 1.54) is 48.5 Å². The second-order valence-electron chi connectivity index (χ2n) is 6.39. The minimum absolute atomic E-state index is 0.0476. The summed E-state index contributed by atoms with van der Waals surface area (Å²) < 4.78 is 0. The first kappa shape index (κ1) is 16.7. The highest BCUT2D eigenvalue weighted by Gasteiger charge is 2.34. The van der Waals surface area contributed by atoms with Gasteiger partial charge in [0.15, 0.2) is 5.78 Å². The van der Waals surface area contributed by atoms with Crippen LogP contribution in [0.25, 0.3) is 0 Å². The second-order valence-corrected chi connectivity index (χ2v) is 6.39. The van der Waals surface area contributed by atoms with E-state index in [1.54, 1.807) is 0 Å². The van der Waals surface area contributed by atoms with Gasteiger partial charge in [-0.1, -0.05) is 18.2 Å². The summed E-state index contributed by atoms with van der Waals surface area (Å²) in [6, 6.07) is 11.2. The number of carbonyl (C=O) groups is 2. The molecule has 1 aliphatic rings. The number of benzene rings is 3. The first-order valence-corrected chi connectivity index (χ1v) is 8.15. The lowest BCUT2D eigenvalue weighted by atomic mass is 9.82. The van der Waals surface area contributed by atoms with E-state index in [-0.39, 0.29) is 51.7 Å². The minimum atomic E-state index is -0.616. The fraction of sp³-hybridized carbons (Fsp3) is 0.0476. The Bertz CT molecular complexity index is 1130. The molecule has 0 bridgehead atoms. The largest absolute Gasteiger partial charge is 0.508 e. The van der Waals surface area contributed by atoms with E-state index in [1.807, 2.05) is 0 Å². The fourth-order valence-electron chi connectivity index (χ4n) is 3.36. The van der Waals surface area contributed by atoms with Crippen LogP contribution in [-0.2, 0) is 6.42 Å². The first-order valence-electron chi connectivity index (χ1n) is 8.15. The lowest BCUT2D eigenvalue weighted by molar-refractivity contribution is 0.0974. The number of rotatable bonds is 2. The van der Waals surface area contributed by atoms with E-state index in [0.717, 1.165) is 0 Å². The van der Waals surface area contributed by atoms with Gasteiger partial charge in [-0.15, -0.1) is 0 Å². The van der Waals surface area contributed by atoms with Gasteiger partial charge in [-0.05, 0) is 35.4 Å². The van der Waals surface area contributed by atoms with Crippen molar-refractivity contribution in [3.8, 4) is 23.0 Å². The molecule has 0 spiro atoms.